The summed E-state index contributed by atoms with van der Waals surface area (Å²) >= 11 is 0. The molecule has 9 nitrogen and oxygen atoms in total. The number of rotatable bonds is 5. The van der Waals surface area contributed by atoms with Crippen molar-refractivity contribution in [1.82, 2.24) is 15.0 Å². The fourth-order valence-electron chi connectivity index (χ4n) is 2.72. The number of pyridine rings is 1. The van der Waals surface area contributed by atoms with E-state index in [1.807, 2.05) is 4.90 Å². The van der Waals surface area contributed by atoms with Gasteiger partial charge in [-0.15, -0.1) is 0 Å². The minimum atomic E-state index is -3.24. The van der Waals surface area contributed by atoms with Crippen LogP contribution < -0.4 is 10.2 Å². The number of piperazine rings is 1. The predicted octanol–water partition coefficient (Wildman–Crippen LogP) is 0.542. The summed E-state index contributed by atoms with van der Waals surface area (Å²) in [5, 5.41) is 6.45. The van der Waals surface area contributed by atoms with Crippen LogP contribution in [0.3, 0.4) is 0 Å². The van der Waals surface area contributed by atoms with Crippen molar-refractivity contribution in [3.8, 4) is 0 Å². The number of carbonyl (C=O) groups is 1. The molecule has 0 aliphatic carbocycles. The number of aryl methyl sites for hydroxylation is 1. The smallest absolute Gasteiger partial charge is 0.239 e. The molecule has 1 amide bonds. The van der Waals surface area contributed by atoms with Crippen molar-refractivity contribution in [1.29, 1.82) is 0 Å². The van der Waals surface area contributed by atoms with Crippen LogP contribution in [0.5, 0.6) is 0 Å². The molecule has 1 saturated heterocycles. The van der Waals surface area contributed by atoms with Crippen LogP contribution in [0, 0.1) is 6.92 Å². The van der Waals surface area contributed by atoms with Gasteiger partial charge in [-0.05, 0) is 19.1 Å². The summed E-state index contributed by atoms with van der Waals surface area (Å²) in [4.78, 5) is 20.6. The van der Waals surface area contributed by atoms with Gasteiger partial charge in [-0.3, -0.25) is 9.69 Å². The van der Waals surface area contributed by atoms with Gasteiger partial charge in [0.25, 0.3) is 0 Å². The van der Waals surface area contributed by atoms with Gasteiger partial charge in [0.05, 0.1) is 11.4 Å². The topological polar surface area (TPSA) is 109 Å². The van der Waals surface area contributed by atoms with Crippen LogP contribution in [-0.2, 0) is 14.6 Å². The molecule has 0 radical (unpaired) electrons. The Labute approximate surface area is 151 Å². The van der Waals surface area contributed by atoms with E-state index in [1.165, 1.54) is 6.20 Å². The molecule has 0 aromatic carbocycles. The van der Waals surface area contributed by atoms with Crippen LogP contribution >= 0.6 is 0 Å². The second kappa shape index (κ2) is 7.42. The zero-order valence-electron chi connectivity index (χ0n) is 14.7. The van der Waals surface area contributed by atoms with Crippen molar-refractivity contribution in [2.24, 2.45) is 0 Å². The second-order valence-corrected chi connectivity index (χ2v) is 8.27. The molecular weight excluding hydrogens is 358 g/mol. The number of carbonyl (C=O) groups excluding carboxylic acids is 1. The van der Waals surface area contributed by atoms with Crippen LogP contribution in [0.15, 0.2) is 33.8 Å². The molecule has 140 valence electrons. The number of hydrogen-bond donors (Lipinski definition) is 1. The van der Waals surface area contributed by atoms with Gasteiger partial charge < -0.3 is 14.7 Å². The summed E-state index contributed by atoms with van der Waals surface area (Å²) in [6.07, 6.45) is 2.54. The van der Waals surface area contributed by atoms with Crippen molar-refractivity contribution >= 4 is 27.4 Å². The van der Waals surface area contributed by atoms with E-state index in [0.717, 1.165) is 12.1 Å². The first-order chi connectivity index (χ1) is 12.3. The van der Waals surface area contributed by atoms with Gasteiger partial charge in [0, 0.05) is 44.7 Å². The lowest BCUT2D eigenvalue weighted by atomic mass is 10.3. The largest absolute Gasteiger partial charge is 0.360 e. The first-order valence-corrected chi connectivity index (χ1v) is 10.1. The molecule has 1 aliphatic rings. The summed E-state index contributed by atoms with van der Waals surface area (Å²) in [7, 11) is -3.24. The maximum absolute atomic E-state index is 12.1. The highest BCUT2D eigenvalue weighted by atomic mass is 32.2. The minimum absolute atomic E-state index is 0.137. The van der Waals surface area contributed by atoms with Crippen LogP contribution in [0.25, 0.3) is 0 Å². The summed E-state index contributed by atoms with van der Waals surface area (Å²) in [5.74, 6) is 1.66. The monoisotopic (exact) mass is 379 g/mol. The Bertz CT molecular complexity index is 870. The summed E-state index contributed by atoms with van der Waals surface area (Å²) in [6, 6.07) is 4.95. The zero-order chi connectivity index (χ0) is 18.7. The van der Waals surface area contributed by atoms with E-state index in [9.17, 15) is 13.2 Å². The molecule has 3 heterocycles. The molecule has 0 spiro atoms. The fourth-order valence-corrected chi connectivity index (χ4v) is 3.28. The molecule has 1 aliphatic heterocycles. The molecule has 1 N–H and O–H groups in total. The normalized spacial score (nSPS) is 15.8. The van der Waals surface area contributed by atoms with Gasteiger partial charge in [-0.25, -0.2) is 13.4 Å². The molecule has 1 fully saturated rings. The SMILES string of the molecule is Cc1cc(NC(=O)CN2CCN(c3ccc(S(C)(=O)=O)cn3)CC2)no1. The number of hydrogen-bond acceptors (Lipinski definition) is 8. The van der Waals surface area contributed by atoms with E-state index in [-0.39, 0.29) is 17.3 Å². The van der Waals surface area contributed by atoms with Crippen LogP contribution in [0.1, 0.15) is 5.76 Å². The summed E-state index contributed by atoms with van der Waals surface area (Å²) in [6.45, 7) is 4.88. The molecule has 26 heavy (non-hydrogen) atoms. The minimum Gasteiger partial charge on any atom is -0.360 e. The number of sulfone groups is 1. The van der Waals surface area contributed by atoms with Crippen molar-refractivity contribution in [3.05, 3.63) is 30.2 Å². The molecular formula is C16H21N5O4S. The summed E-state index contributed by atoms with van der Waals surface area (Å²) in [5.41, 5.74) is 0. The Morgan fingerprint density at radius 3 is 2.54 bits per heavy atom. The highest BCUT2D eigenvalue weighted by Gasteiger charge is 2.20. The Hall–Kier alpha value is -2.46. The third kappa shape index (κ3) is 4.58. The average Bonchev–Trinajstić information content (AvgIpc) is 2.99. The Kier molecular flexibility index (Phi) is 5.23. The van der Waals surface area contributed by atoms with Crippen molar-refractivity contribution in [3.63, 3.8) is 0 Å². The third-order valence-electron chi connectivity index (χ3n) is 4.11. The van der Waals surface area contributed by atoms with Crippen LogP contribution in [0.4, 0.5) is 11.6 Å². The highest BCUT2D eigenvalue weighted by molar-refractivity contribution is 7.90. The molecule has 0 saturated carbocycles. The molecule has 0 atom stereocenters. The molecule has 2 aromatic rings. The predicted molar refractivity (Wildman–Crippen MR) is 95.9 cm³/mol. The van der Waals surface area contributed by atoms with Crippen molar-refractivity contribution < 1.29 is 17.7 Å². The number of nitrogens with one attached hydrogen (secondary N) is 1. The molecule has 2 aromatic heterocycles. The standard InChI is InChI=1S/C16H21N5O4S/c1-12-9-14(19-25-12)18-16(22)11-20-5-7-21(8-6-20)15-4-3-13(10-17-15)26(2,23)24/h3-4,9-10H,5-8,11H2,1-2H3,(H,18,19,22). The number of nitrogens with zero attached hydrogens (tertiary/aromatic N) is 4. The zero-order valence-corrected chi connectivity index (χ0v) is 15.5. The number of amides is 1. The van der Waals surface area contributed by atoms with Crippen LogP contribution in [-0.4, -0.2) is 68.3 Å². The lowest BCUT2D eigenvalue weighted by Crippen LogP contribution is -2.48. The lowest BCUT2D eigenvalue weighted by molar-refractivity contribution is -0.117. The number of aromatic nitrogens is 2. The van der Waals surface area contributed by atoms with Crippen molar-refractivity contribution in [2.45, 2.75) is 11.8 Å². The first-order valence-electron chi connectivity index (χ1n) is 8.18. The quantitative estimate of drug-likeness (QED) is 0.802. The van der Waals surface area contributed by atoms with E-state index in [4.69, 9.17) is 4.52 Å². The Balaban J connectivity index is 1.50. The molecule has 0 unspecified atom stereocenters. The van der Waals surface area contributed by atoms with E-state index < -0.39 is 9.84 Å². The van der Waals surface area contributed by atoms with Gasteiger partial charge in [0.15, 0.2) is 15.7 Å². The Morgan fingerprint density at radius 2 is 2.00 bits per heavy atom. The molecule has 0 bridgehead atoms. The van der Waals surface area contributed by atoms with Gasteiger partial charge in [0.1, 0.15) is 11.6 Å². The van der Waals surface area contributed by atoms with Gasteiger partial charge in [-0.1, -0.05) is 5.16 Å². The highest BCUT2D eigenvalue weighted by Crippen LogP contribution is 2.16. The first kappa shape index (κ1) is 18.3. The van der Waals surface area contributed by atoms with E-state index in [1.54, 1.807) is 25.1 Å². The number of anilines is 2. The lowest BCUT2D eigenvalue weighted by Gasteiger charge is -2.34. The Morgan fingerprint density at radius 1 is 1.27 bits per heavy atom. The third-order valence-corrected chi connectivity index (χ3v) is 5.21. The van der Waals surface area contributed by atoms with E-state index in [0.29, 0.717) is 37.8 Å². The van der Waals surface area contributed by atoms with E-state index >= 15 is 0 Å². The van der Waals surface area contributed by atoms with E-state index in [2.05, 4.69) is 20.4 Å². The van der Waals surface area contributed by atoms with Gasteiger partial charge >= 0.3 is 0 Å². The van der Waals surface area contributed by atoms with Gasteiger partial charge in [0.2, 0.25) is 5.91 Å². The maximum Gasteiger partial charge on any atom is 0.239 e. The fraction of sp³-hybridized carbons (Fsp3) is 0.438. The van der Waals surface area contributed by atoms with Crippen LogP contribution in [0.2, 0.25) is 0 Å². The average molecular weight is 379 g/mol. The maximum atomic E-state index is 12.1. The van der Waals surface area contributed by atoms with Gasteiger partial charge in [-0.2, -0.15) is 0 Å². The summed E-state index contributed by atoms with van der Waals surface area (Å²) < 4.78 is 27.9. The molecule has 3 rings (SSSR count). The second-order valence-electron chi connectivity index (χ2n) is 6.26. The molecule has 10 heteroatoms. The van der Waals surface area contributed by atoms with Crippen molar-refractivity contribution in [2.75, 3.05) is 49.2 Å².